The van der Waals surface area contributed by atoms with E-state index in [1.807, 2.05) is 54.6 Å². The number of aromatic nitrogens is 3. The predicted octanol–water partition coefficient (Wildman–Crippen LogP) is 13.2. The molecule has 0 amide bonds. The SMILES string of the molecule is c1ccc(-c2ccc3cc(-c4nc(-c5cc(-c6ccccc6)c6c(c5)oc5ccccc56)nc(-c5ccc6oc7ccccc7c6c5)n4)ccc3c2)cc1. The van der Waals surface area contributed by atoms with Gasteiger partial charge in [0.1, 0.15) is 22.3 Å². The summed E-state index contributed by atoms with van der Waals surface area (Å²) < 4.78 is 12.7. The van der Waals surface area contributed by atoms with Gasteiger partial charge in [-0.3, -0.25) is 0 Å². The summed E-state index contributed by atoms with van der Waals surface area (Å²) in [6, 6.07) is 60.5. The molecule has 0 aliphatic rings. The molecule has 54 heavy (non-hydrogen) atoms. The van der Waals surface area contributed by atoms with Gasteiger partial charge in [0.05, 0.1) is 0 Å². The molecule has 0 aliphatic carbocycles. The molecule has 3 heterocycles. The lowest BCUT2D eigenvalue weighted by Crippen LogP contribution is -2.00. The molecule has 0 N–H and O–H groups in total. The van der Waals surface area contributed by atoms with Crippen molar-refractivity contribution in [2.24, 2.45) is 0 Å². The molecular formula is C49H29N3O2. The average Bonchev–Trinajstić information content (AvgIpc) is 3.81. The number of rotatable bonds is 5. The number of fused-ring (bicyclic) bond motifs is 7. The fourth-order valence-electron chi connectivity index (χ4n) is 7.65. The Morgan fingerprint density at radius 1 is 0.296 bits per heavy atom. The minimum atomic E-state index is 0.561. The van der Waals surface area contributed by atoms with Gasteiger partial charge in [-0.05, 0) is 87.6 Å². The van der Waals surface area contributed by atoms with Gasteiger partial charge in [-0.2, -0.15) is 0 Å². The van der Waals surface area contributed by atoms with Crippen LogP contribution in [0.2, 0.25) is 0 Å². The molecule has 0 unspecified atom stereocenters. The molecule has 0 fully saturated rings. The highest BCUT2D eigenvalue weighted by Crippen LogP contribution is 2.40. The van der Waals surface area contributed by atoms with Crippen LogP contribution in [0.3, 0.4) is 0 Å². The predicted molar refractivity (Wildman–Crippen MR) is 219 cm³/mol. The molecule has 0 saturated heterocycles. The van der Waals surface area contributed by atoms with Gasteiger partial charge in [-0.25, -0.2) is 15.0 Å². The maximum atomic E-state index is 6.49. The molecule has 5 nitrogen and oxygen atoms in total. The Bertz CT molecular complexity index is 3220. The van der Waals surface area contributed by atoms with Crippen LogP contribution in [0.4, 0.5) is 0 Å². The van der Waals surface area contributed by atoms with E-state index < -0.39 is 0 Å². The summed E-state index contributed by atoms with van der Waals surface area (Å²) in [4.78, 5) is 15.5. The fraction of sp³-hybridized carbons (Fsp3) is 0. The molecule has 11 aromatic rings. The van der Waals surface area contributed by atoms with Crippen LogP contribution < -0.4 is 0 Å². The molecule has 0 atom stereocenters. The topological polar surface area (TPSA) is 65.0 Å². The van der Waals surface area contributed by atoms with Crippen molar-refractivity contribution in [1.29, 1.82) is 0 Å². The lowest BCUT2D eigenvalue weighted by molar-refractivity contribution is 0.668. The normalized spacial score (nSPS) is 11.7. The van der Waals surface area contributed by atoms with E-state index in [1.54, 1.807) is 0 Å². The largest absolute Gasteiger partial charge is 0.456 e. The second-order valence-electron chi connectivity index (χ2n) is 13.6. The maximum Gasteiger partial charge on any atom is 0.164 e. The Kier molecular flexibility index (Phi) is 6.79. The van der Waals surface area contributed by atoms with Crippen LogP contribution in [0.5, 0.6) is 0 Å². The van der Waals surface area contributed by atoms with Crippen LogP contribution in [-0.4, -0.2) is 15.0 Å². The van der Waals surface area contributed by atoms with E-state index in [0.717, 1.165) is 82.5 Å². The smallest absolute Gasteiger partial charge is 0.164 e. The van der Waals surface area contributed by atoms with Crippen LogP contribution in [0.25, 0.3) is 111 Å². The molecule has 0 bridgehead atoms. The zero-order valence-electron chi connectivity index (χ0n) is 28.9. The van der Waals surface area contributed by atoms with Crippen LogP contribution in [0.1, 0.15) is 0 Å². The highest BCUT2D eigenvalue weighted by molar-refractivity contribution is 6.13. The third kappa shape index (κ3) is 5.06. The van der Waals surface area contributed by atoms with Crippen molar-refractivity contribution in [3.8, 4) is 56.4 Å². The summed E-state index contributed by atoms with van der Waals surface area (Å²) in [5.41, 5.74) is 10.4. The number of hydrogen-bond donors (Lipinski definition) is 0. The van der Waals surface area contributed by atoms with Gasteiger partial charge in [0.2, 0.25) is 0 Å². The van der Waals surface area contributed by atoms with E-state index in [2.05, 4.69) is 121 Å². The maximum absolute atomic E-state index is 6.49. The first-order chi connectivity index (χ1) is 26.7. The molecule has 0 spiro atoms. The van der Waals surface area contributed by atoms with Crippen molar-refractivity contribution in [3.63, 3.8) is 0 Å². The molecule has 0 saturated carbocycles. The number of furan rings is 2. The minimum absolute atomic E-state index is 0.561. The summed E-state index contributed by atoms with van der Waals surface area (Å²) in [5, 5.41) is 6.46. The van der Waals surface area contributed by atoms with E-state index in [1.165, 1.54) is 11.1 Å². The number of para-hydroxylation sites is 2. The first kappa shape index (κ1) is 30.3. The molecule has 252 valence electrons. The van der Waals surface area contributed by atoms with Crippen molar-refractivity contribution in [2.75, 3.05) is 0 Å². The Morgan fingerprint density at radius 2 is 0.815 bits per heavy atom. The lowest BCUT2D eigenvalue weighted by atomic mass is 9.96. The van der Waals surface area contributed by atoms with Crippen molar-refractivity contribution < 1.29 is 8.83 Å². The van der Waals surface area contributed by atoms with Gasteiger partial charge in [0, 0.05) is 38.2 Å². The van der Waals surface area contributed by atoms with Gasteiger partial charge >= 0.3 is 0 Å². The van der Waals surface area contributed by atoms with Crippen molar-refractivity contribution >= 4 is 54.6 Å². The van der Waals surface area contributed by atoms with Gasteiger partial charge in [0.15, 0.2) is 17.5 Å². The van der Waals surface area contributed by atoms with Gasteiger partial charge in [-0.1, -0.05) is 121 Å². The first-order valence-electron chi connectivity index (χ1n) is 18.0. The minimum Gasteiger partial charge on any atom is -0.456 e. The summed E-state index contributed by atoms with van der Waals surface area (Å²) in [6.45, 7) is 0. The summed E-state index contributed by atoms with van der Waals surface area (Å²) in [5.74, 6) is 1.73. The second kappa shape index (κ2) is 12.1. The molecule has 11 rings (SSSR count). The van der Waals surface area contributed by atoms with E-state index in [0.29, 0.717) is 17.5 Å². The lowest BCUT2D eigenvalue weighted by Gasteiger charge is -2.11. The summed E-state index contributed by atoms with van der Waals surface area (Å²) in [7, 11) is 0. The number of benzene rings is 8. The third-order valence-electron chi connectivity index (χ3n) is 10.3. The van der Waals surface area contributed by atoms with Crippen LogP contribution in [-0.2, 0) is 0 Å². The van der Waals surface area contributed by atoms with Gasteiger partial charge in [0.25, 0.3) is 0 Å². The van der Waals surface area contributed by atoms with Gasteiger partial charge in [-0.15, -0.1) is 0 Å². The van der Waals surface area contributed by atoms with Crippen molar-refractivity contribution in [1.82, 2.24) is 15.0 Å². The third-order valence-corrected chi connectivity index (χ3v) is 10.3. The van der Waals surface area contributed by atoms with E-state index >= 15 is 0 Å². The zero-order chi connectivity index (χ0) is 35.6. The summed E-state index contributed by atoms with van der Waals surface area (Å²) >= 11 is 0. The Labute approximate surface area is 309 Å². The molecule has 0 radical (unpaired) electrons. The van der Waals surface area contributed by atoms with Crippen LogP contribution in [0.15, 0.2) is 185 Å². The highest BCUT2D eigenvalue weighted by Gasteiger charge is 2.19. The molecule has 0 aliphatic heterocycles. The Hall–Kier alpha value is -7.37. The molecule has 5 heteroatoms. The van der Waals surface area contributed by atoms with E-state index in [-0.39, 0.29) is 0 Å². The Balaban J connectivity index is 1.13. The monoisotopic (exact) mass is 691 g/mol. The molecular weight excluding hydrogens is 663 g/mol. The number of nitrogens with zero attached hydrogens (tertiary/aromatic N) is 3. The standard InChI is InChI=1S/C49H29N3O2/c1-3-11-30(12-4-1)32-19-20-34-26-35(22-21-33(34)25-32)47-50-48(36-23-24-44-41(27-36)38-15-7-9-17-42(38)53-44)52-49(51-47)37-28-40(31-13-5-2-6-14-31)46-39-16-8-10-18-43(39)54-45(46)29-37/h1-29H. The van der Waals surface area contributed by atoms with E-state index in [9.17, 15) is 0 Å². The average molecular weight is 692 g/mol. The first-order valence-corrected chi connectivity index (χ1v) is 18.0. The van der Waals surface area contributed by atoms with Crippen molar-refractivity contribution in [3.05, 3.63) is 176 Å². The summed E-state index contributed by atoms with van der Waals surface area (Å²) in [6.07, 6.45) is 0. The molecule has 3 aromatic heterocycles. The zero-order valence-corrected chi connectivity index (χ0v) is 28.9. The fourth-order valence-corrected chi connectivity index (χ4v) is 7.65. The Morgan fingerprint density at radius 3 is 1.56 bits per heavy atom. The van der Waals surface area contributed by atoms with Crippen LogP contribution in [0, 0.1) is 0 Å². The quantitative estimate of drug-likeness (QED) is 0.180. The molecule has 8 aromatic carbocycles. The van der Waals surface area contributed by atoms with Crippen molar-refractivity contribution in [2.45, 2.75) is 0 Å². The number of hydrogen-bond acceptors (Lipinski definition) is 5. The highest BCUT2D eigenvalue weighted by atomic mass is 16.3. The van der Waals surface area contributed by atoms with Gasteiger partial charge < -0.3 is 8.83 Å². The van der Waals surface area contributed by atoms with E-state index in [4.69, 9.17) is 23.8 Å². The van der Waals surface area contributed by atoms with Crippen LogP contribution >= 0.6 is 0 Å². The second-order valence-corrected chi connectivity index (χ2v) is 13.6.